The van der Waals surface area contributed by atoms with Crippen molar-refractivity contribution in [3.63, 3.8) is 0 Å². The predicted molar refractivity (Wildman–Crippen MR) is 88.3 cm³/mol. The second-order valence-electron chi connectivity index (χ2n) is 4.96. The molecule has 2 rings (SSSR count). The van der Waals surface area contributed by atoms with E-state index >= 15 is 0 Å². The third-order valence-electron chi connectivity index (χ3n) is 3.10. The van der Waals surface area contributed by atoms with Gasteiger partial charge < -0.3 is 14.8 Å². The first-order valence-electron chi connectivity index (χ1n) is 7.55. The van der Waals surface area contributed by atoms with Crippen molar-refractivity contribution >= 4 is 17.7 Å². The number of hydrogen-bond acceptors (Lipinski definition) is 3. The Kier molecular flexibility index (Phi) is 6.60. The van der Waals surface area contributed by atoms with Crippen LogP contribution in [0.25, 0.3) is 6.08 Å². The zero-order valence-electron chi connectivity index (χ0n) is 13.6. The summed E-state index contributed by atoms with van der Waals surface area (Å²) in [5.41, 5.74) is 0.167. The summed E-state index contributed by atoms with van der Waals surface area (Å²) in [5.74, 6) is -2.21. The Hall–Kier alpha value is -3.03. The van der Waals surface area contributed by atoms with Gasteiger partial charge in [-0.1, -0.05) is 6.07 Å². The maximum Gasteiger partial charge on any atom is 0.387 e. The van der Waals surface area contributed by atoms with Crippen molar-refractivity contribution < 1.29 is 31.8 Å². The zero-order valence-corrected chi connectivity index (χ0v) is 13.6. The molecule has 0 spiro atoms. The highest BCUT2D eigenvalue weighted by molar-refractivity contribution is 6.02. The molecule has 0 bridgehead atoms. The van der Waals surface area contributed by atoms with Crippen LogP contribution in [-0.4, -0.2) is 19.1 Å². The first kappa shape index (κ1) is 19.3. The van der Waals surface area contributed by atoms with Gasteiger partial charge in [-0.3, -0.25) is 4.79 Å². The number of alkyl halides is 2. The van der Waals surface area contributed by atoms with E-state index in [9.17, 15) is 22.4 Å². The number of rotatable bonds is 7. The third-order valence-corrected chi connectivity index (χ3v) is 3.10. The number of amides is 1. The fraction of sp³-hybridized carbons (Fsp3) is 0.167. The van der Waals surface area contributed by atoms with Crippen LogP contribution < -0.4 is 14.8 Å². The van der Waals surface area contributed by atoms with Gasteiger partial charge in [-0.05, 0) is 42.8 Å². The fourth-order valence-electron chi connectivity index (χ4n) is 2.03. The van der Waals surface area contributed by atoms with Gasteiger partial charge in [-0.15, -0.1) is 0 Å². The lowest BCUT2D eigenvalue weighted by molar-refractivity contribution is -0.111. The lowest BCUT2D eigenvalue weighted by atomic mass is 10.2. The number of carbonyl (C=O) groups is 1. The van der Waals surface area contributed by atoms with Crippen LogP contribution in [0.5, 0.6) is 11.5 Å². The molecule has 0 heterocycles. The largest absolute Gasteiger partial charge is 0.490 e. The molecule has 0 radical (unpaired) electrons. The van der Waals surface area contributed by atoms with Crippen LogP contribution in [0.15, 0.2) is 42.5 Å². The zero-order chi connectivity index (χ0) is 19.1. The van der Waals surface area contributed by atoms with Crippen LogP contribution in [0.3, 0.4) is 0 Å². The predicted octanol–water partition coefficient (Wildman–Crippen LogP) is 4.62. The average Bonchev–Trinajstić information content (AvgIpc) is 2.58. The van der Waals surface area contributed by atoms with Crippen LogP contribution in [0, 0.1) is 11.6 Å². The van der Waals surface area contributed by atoms with E-state index in [-0.39, 0.29) is 23.8 Å². The van der Waals surface area contributed by atoms with E-state index in [0.29, 0.717) is 5.56 Å². The van der Waals surface area contributed by atoms with E-state index in [2.05, 4.69) is 10.1 Å². The third kappa shape index (κ3) is 5.51. The summed E-state index contributed by atoms with van der Waals surface area (Å²) in [6.45, 7) is -1.09. The molecule has 26 heavy (non-hydrogen) atoms. The summed E-state index contributed by atoms with van der Waals surface area (Å²) in [7, 11) is 0. The van der Waals surface area contributed by atoms with E-state index in [0.717, 1.165) is 24.3 Å². The molecule has 0 aliphatic rings. The fourth-order valence-corrected chi connectivity index (χ4v) is 2.03. The van der Waals surface area contributed by atoms with Gasteiger partial charge in [0.15, 0.2) is 11.5 Å². The monoisotopic (exact) mass is 369 g/mol. The van der Waals surface area contributed by atoms with Gasteiger partial charge in [0, 0.05) is 12.1 Å². The van der Waals surface area contributed by atoms with Gasteiger partial charge in [-0.2, -0.15) is 8.78 Å². The van der Waals surface area contributed by atoms with Crippen LogP contribution in [-0.2, 0) is 4.79 Å². The Morgan fingerprint density at radius 1 is 1.15 bits per heavy atom. The molecule has 0 unspecified atom stereocenters. The van der Waals surface area contributed by atoms with E-state index in [1.54, 1.807) is 6.92 Å². The molecule has 0 aliphatic heterocycles. The van der Waals surface area contributed by atoms with E-state index in [1.165, 1.54) is 24.3 Å². The molecule has 138 valence electrons. The molecule has 4 nitrogen and oxygen atoms in total. The van der Waals surface area contributed by atoms with Crippen LogP contribution in [0.2, 0.25) is 0 Å². The molecule has 0 atom stereocenters. The van der Waals surface area contributed by atoms with Gasteiger partial charge in [0.05, 0.1) is 12.3 Å². The van der Waals surface area contributed by atoms with E-state index in [1.807, 2.05) is 0 Å². The number of benzene rings is 2. The molecular weight excluding hydrogens is 354 g/mol. The topological polar surface area (TPSA) is 47.6 Å². The highest BCUT2D eigenvalue weighted by Crippen LogP contribution is 2.30. The summed E-state index contributed by atoms with van der Waals surface area (Å²) in [4.78, 5) is 11.8. The molecule has 0 fully saturated rings. The quantitative estimate of drug-likeness (QED) is 0.572. The number of hydrogen-bond donors (Lipinski definition) is 1. The summed E-state index contributed by atoms with van der Waals surface area (Å²) >= 11 is 0. The molecule has 1 N–H and O–H groups in total. The van der Waals surface area contributed by atoms with Gasteiger partial charge >= 0.3 is 6.61 Å². The van der Waals surface area contributed by atoms with Gasteiger partial charge in [-0.25, -0.2) is 8.78 Å². The van der Waals surface area contributed by atoms with Gasteiger partial charge in [0.1, 0.15) is 11.6 Å². The highest BCUT2D eigenvalue weighted by atomic mass is 19.3. The van der Waals surface area contributed by atoms with Crippen LogP contribution >= 0.6 is 0 Å². The van der Waals surface area contributed by atoms with Gasteiger partial charge in [0.25, 0.3) is 0 Å². The Labute approximate surface area is 147 Å². The SMILES string of the molecule is CCOc1cc(/C=C/C(=O)Nc2cc(F)ccc2F)ccc1OC(F)F. The Balaban J connectivity index is 2.12. The normalized spacial score (nSPS) is 11.0. The van der Waals surface area contributed by atoms with E-state index < -0.39 is 24.2 Å². The Bertz CT molecular complexity index is 809. The van der Waals surface area contributed by atoms with Crippen molar-refractivity contribution in [3.05, 3.63) is 59.7 Å². The molecule has 0 aliphatic carbocycles. The summed E-state index contributed by atoms with van der Waals surface area (Å²) < 4.78 is 60.9. The van der Waals surface area contributed by atoms with Crippen molar-refractivity contribution in [1.29, 1.82) is 0 Å². The second kappa shape index (κ2) is 8.89. The number of ether oxygens (including phenoxy) is 2. The lowest BCUT2D eigenvalue weighted by Gasteiger charge is -2.11. The number of anilines is 1. The smallest absolute Gasteiger partial charge is 0.387 e. The molecule has 8 heteroatoms. The molecule has 1 amide bonds. The second-order valence-corrected chi connectivity index (χ2v) is 4.96. The van der Waals surface area contributed by atoms with Crippen molar-refractivity contribution in [2.45, 2.75) is 13.5 Å². The summed E-state index contributed by atoms with van der Waals surface area (Å²) in [6.07, 6.45) is 2.45. The lowest BCUT2D eigenvalue weighted by Crippen LogP contribution is -2.09. The summed E-state index contributed by atoms with van der Waals surface area (Å²) in [6, 6.07) is 6.80. The van der Waals surface area contributed by atoms with Gasteiger partial charge in [0.2, 0.25) is 5.91 Å². The van der Waals surface area contributed by atoms with Crippen molar-refractivity contribution in [3.8, 4) is 11.5 Å². The minimum Gasteiger partial charge on any atom is -0.490 e. The average molecular weight is 369 g/mol. The Morgan fingerprint density at radius 3 is 2.62 bits per heavy atom. The first-order chi connectivity index (χ1) is 12.4. The summed E-state index contributed by atoms with van der Waals surface area (Å²) in [5, 5.41) is 2.20. The molecule has 2 aromatic carbocycles. The molecule has 0 saturated carbocycles. The van der Waals surface area contributed by atoms with Crippen LogP contribution in [0.4, 0.5) is 23.2 Å². The van der Waals surface area contributed by atoms with E-state index in [4.69, 9.17) is 4.74 Å². The highest BCUT2D eigenvalue weighted by Gasteiger charge is 2.11. The van der Waals surface area contributed by atoms with Crippen LogP contribution in [0.1, 0.15) is 12.5 Å². The molecular formula is C18H15F4NO3. The van der Waals surface area contributed by atoms with Crippen molar-refractivity contribution in [2.75, 3.05) is 11.9 Å². The standard InChI is InChI=1S/C18H15F4NO3/c1-2-25-16-9-11(3-7-15(16)26-18(21)22)4-8-17(24)23-14-10-12(19)5-6-13(14)20/h3-10,18H,2H2,1H3,(H,23,24)/b8-4+. The minimum absolute atomic E-state index is 0.0894. The number of halogens is 4. The number of carbonyl (C=O) groups excluding carboxylic acids is 1. The maximum absolute atomic E-state index is 13.5. The molecule has 2 aromatic rings. The number of nitrogens with one attached hydrogen (secondary N) is 1. The molecule has 0 saturated heterocycles. The minimum atomic E-state index is -3.00. The molecule has 0 aromatic heterocycles. The van der Waals surface area contributed by atoms with Crippen molar-refractivity contribution in [1.82, 2.24) is 0 Å². The first-order valence-corrected chi connectivity index (χ1v) is 7.55. The Morgan fingerprint density at radius 2 is 1.92 bits per heavy atom. The maximum atomic E-state index is 13.5. The van der Waals surface area contributed by atoms with Crippen molar-refractivity contribution in [2.24, 2.45) is 0 Å².